The molecule has 0 radical (unpaired) electrons. The third-order valence-corrected chi connectivity index (χ3v) is 5.61. The van der Waals surface area contributed by atoms with Gasteiger partial charge in [0.1, 0.15) is 18.1 Å². The van der Waals surface area contributed by atoms with E-state index in [0.29, 0.717) is 17.1 Å². The highest BCUT2D eigenvalue weighted by Crippen LogP contribution is 2.21. The molecule has 0 aliphatic heterocycles. The van der Waals surface area contributed by atoms with E-state index in [-0.39, 0.29) is 30.9 Å². The molecule has 7 nitrogen and oxygen atoms in total. The molecule has 0 saturated carbocycles. The Bertz CT molecular complexity index is 1280. The zero-order valence-corrected chi connectivity index (χ0v) is 19.6. The minimum Gasteiger partial charge on any atom is -0.497 e. The van der Waals surface area contributed by atoms with Crippen LogP contribution in [-0.2, 0) is 17.9 Å². The SMILES string of the molecule is COc1ccc(C(=O)NCc2nc3ccccc3n2CC(=O)N(c2ccccc2)C(C)C)cc1. The summed E-state index contributed by atoms with van der Waals surface area (Å²) in [6.45, 7) is 4.29. The molecule has 0 unspecified atom stereocenters. The van der Waals surface area contributed by atoms with Crippen LogP contribution in [0.1, 0.15) is 30.0 Å². The molecule has 34 heavy (non-hydrogen) atoms. The van der Waals surface area contributed by atoms with Gasteiger partial charge in [0.25, 0.3) is 5.91 Å². The van der Waals surface area contributed by atoms with Gasteiger partial charge < -0.3 is 19.5 Å². The van der Waals surface area contributed by atoms with Crippen molar-refractivity contribution in [1.82, 2.24) is 14.9 Å². The Morgan fingerprint density at radius 2 is 1.65 bits per heavy atom. The Labute approximate surface area is 199 Å². The summed E-state index contributed by atoms with van der Waals surface area (Å²) in [5, 5.41) is 2.92. The smallest absolute Gasteiger partial charge is 0.251 e. The highest BCUT2D eigenvalue weighted by molar-refractivity contribution is 5.95. The molecule has 7 heteroatoms. The Morgan fingerprint density at radius 3 is 2.32 bits per heavy atom. The van der Waals surface area contributed by atoms with E-state index in [1.807, 2.05) is 73.0 Å². The van der Waals surface area contributed by atoms with Gasteiger partial charge in [0.2, 0.25) is 5.91 Å². The number of hydrogen-bond donors (Lipinski definition) is 1. The number of carbonyl (C=O) groups is 2. The molecule has 0 spiro atoms. The van der Waals surface area contributed by atoms with Crippen molar-refractivity contribution in [3.8, 4) is 5.75 Å². The second-order valence-corrected chi connectivity index (χ2v) is 8.21. The Balaban J connectivity index is 1.58. The topological polar surface area (TPSA) is 76.5 Å². The van der Waals surface area contributed by atoms with Gasteiger partial charge in [0, 0.05) is 17.3 Å². The van der Waals surface area contributed by atoms with Gasteiger partial charge in [-0.15, -0.1) is 0 Å². The minimum atomic E-state index is -0.222. The van der Waals surface area contributed by atoms with Gasteiger partial charge in [-0.3, -0.25) is 9.59 Å². The molecule has 174 valence electrons. The first-order valence-electron chi connectivity index (χ1n) is 11.2. The van der Waals surface area contributed by atoms with E-state index in [2.05, 4.69) is 5.32 Å². The lowest BCUT2D eigenvalue weighted by Gasteiger charge is -2.27. The van der Waals surface area contributed by atoms with E-state index in [4.69, 9.17) is 9.72 Å². The number of benzene rings is 3. The first-order valence-corrected chi connectivity index (χ1v) is 11.2. The third kappa shape index (κ3) is 4.93. The molecular weight excluding hydrogens is 428 g/mol. The first-order chi connectivity index (χ1) is 16.5. The average molecular weight is 457 g/mol. The van der Waals surface area contributed by atoms with Crippen molar-refractivity contribution in [3.05, 3.63) is 90.3 Å². The molecule has 0 bridgehead atoms. The van der Waals surface area contributed by atoms with E-state index < -0.39 is 0 Å². The quantitative estimate of drug-likeness (QED) is 0.426. The molecule has 4 aromatic rings. The van der Waals surface area contributed by atoms with Crippen molar-refractivity contribution >= 4 is 28.5 Å². The number of methoxy groups -OCH3 is 1. The van der Waals surface area contributed by atoms with Crippen LogP contribution in [0.5, 0.6) is 5.75 Å². The Hall–Kier alpha value is -4.13. The van der Waals surface area contributed by atoms with Crippen LogP contribution in [0, 0.1) is 0 Å². The van der Waals surface area contributed by atoms with E-state index in [1.54, 1.807) is 36.3 Å². The standard InChI is InChI=1S/C27H28N4O3/c1-19(2)31(21-9-5-4-6-10-21)26(32)18-30-24-12-8-7-11-23(24)29-25(30)17-28-27(33)20-13-15-22(34-3)16-14-20/h4-16,19H,17-18H2,1-3H3,(H,28,33). The van der Waals surface area contributed by atoms with Crippen molar-refractivity contribution in [3.63, 3.8) is 0 Å². The van der Waals surface area contributed by atoms with Crippen LogP contribution < -0.4 is 15.0 Å². The maximum atomic E-state index is 13.4. The summed E-state index contributed by atoms with van der Waals surface area (Å²) in [6, 6.07) is 24.2. The summed E-state index contributed by atoms with van der Waals surface area (Å²) in [5.74, 6) is 1.03. The molecule has 2 amide bonds. The van der Waals surface area contributed by atoms with Crippen LogP contribution in [0.15, 0.2) is 78.9 Å². The number of fused-ring (bicyclic) bond motifs is 1. The lowest BCUT2D eigenvalue weighted by molar-refractivity contribution is -0.119. The van der Waals surface area contributed by atoms with E-state index in [9.17, 15) is 9.59 Å². The van der Waals surface area contributed by atoms with Gasteiger partial charge in [-0.25, -0.2) is 4.98 Å². The third-order valence-electron chi connectivity index (χ3n) is 5.61. The summed E-state index contributed by atoms with van der Waals surface area (Å²) in [6.07, 6.45) is 0. The van der Waals surface area contributed by atoms with Crippen LogP contribution in [-0.4, -0.2) is 34.5 Å². The second-order valence-electron chi connectivity index (χ2n) is 8.21. The number of nitrogens with one attached hydrogen (secondary N) is 1. The molecule has 0 aliphatic rings. The van der Waals surface area contributed by atoms with Gasteiger partial charge in [-0.1, -0.05) is 30.3 Å². The van der Waals surface area contributed by atoms with Crippen molar-refractivity contribution in [2.75, 3.05) is 12.0 Å². The van der Waals surface area contributed by atoms with Gasteiger partial charge in [0.05, 0.1) is 24.7 Å². The highest BCUT2D eigenvalue weighted by atomic mass is 16.5. The molecule has 0 fully saturated rings. The van der Waals surface area contributed by atoms with Crippen molar-refractivity contribution in [2.45, 2.75) is 33.0 Å². The zero-order chi connectivity index (χ0) is 24.1. The fourth-order valence-corrected chi connectivity index (χ4v) is 3.97. The number of aromatic nitrogens is 2. The number of imidazole rings is 1. The predicted molar refractivity (Wildman–Crippen MR) is 133 cm³/mol. The minimum absolute atomic E-state index is 0.0112. The lowest BCUT2D eigenvalue weighted by Crippen LogP contribution is -2.39. The summed E-state index contributed by atoms with van der Waals surface area (Å²) in [5.41, 5.74) is 3.00. The zero-order valence-electron chi connectivity index (χ0n) is 19.6. The average Bonchev–Trinajstić information content (AvgIpc) is 3.20. The van der Waals surface area contributed by atoms with E-state index in [1.165, 1.54) is 0 Å². The van der Waals surface area contributed by atoms with Crippen LogP contribution in [0.25, 0.3) is 11.0 Å². The number of hydrogen-bond acceptors (Lipinski definition) is 4. The molecule has 0 atom stereocenters. The number of carbonyl (C=O) groups excluding carboxylic acids is 2. The fraction of sp³-hybridized carbons (Fsp3) is 0.222. The van der Waals surface area contributed by atoms with Gasteiger partial charge in [0.15, 0.2) is 0 Å². The maximum Gasteiger partial charge on any atom is 0.251 e. The maximum absolute atomic E-state index is 13.4. The molecule has 0 aliphatic carbocycles. The summed E-state index contributed by atoms with van der Waals surface area (Å²) in [7, 11) is 1.58. The van der Waals surface area contributed by atoms with Crippen LogP contribution in [0.3, 0.4) is 0 Å². The van der Waals surface area contributed by atoms with Crippen molar-refractivity contribution in [2.24, 2.45) is 0 Å². The fourth-order valence-electron chi connectivity index (χ4n) is 3.97. The first kappa shape index (κ1) is 23.0. The molecule has 1 aromatic heterocycles. The molecule has 1 heterocycles. The van der Waals surface area contributed by atoms with Gasteiger partial charge in [-0.05, 0) is 62.4 Å². The van der Waals surface area contributed by atoms with Crippen molar-refractivity contribution in [1.29, 1.82) is 0 Å². The van der Waals surface area contributed by atoms with Crippen LogP contribution in [0.4, 0.5) is 5.69 Å². The molecule has 4 rings (SSSR count). The molecule has 0 saturated heterocycles. The predicted octanol–water partition coefficient (Wildman–Crippen LogP) is 4.42. The summed E-state index contributed by atoms with van der Waals surface area (Å²) < 4.78 is 7.03. The molecular formula is C27H28N4O3. The molecule has 1 N–H and O–H groups in total. The lowest BCUT2D eigenvalue weighted by atomic mass is 10.2. The monoisotopic (exact) mass is 456 g/mol. The highest BCUT2D eigenvalue weighted by Gasteiger charge is 2.22. The van der Waals surface area contributed by atoms with Crippen LogP contribution >= 0.6 is 0 Å². The summed E-state index contributed by atoms with van der Waals surface area (Å²) in [4.78, 5) is 32.6. The second kappa shape index (κ2) is 10.2. The number of ether oxygens (including phenoxy) is 1. The number of anilines is 1. The Morgan fingerprint density at radius 1 is 0.971 bits per heavy atom. The van der Waals surface area contributed by atoms with Gasteiger partial charge >= 0.3 is 0 Å². The van der Waals surface area contributed by atoms with Crippen molar-refractivity contribution < 1.29 is 14.3 Å². The number of rotatable bonds is 8. The Kier molecular flexibility index (Phi) is 6.92. The molecule has 3 aromatic carbocycles. The number of amides is 2. The van der Waals surface area contributed by atoms with Gasteiger partial charge in [-0.2, -0.15) is 0 Å². The number of nitrogens with zero attached hydrogens (tertiary/aromatic N) is 3. The number of para-hydroxylation sites is 3. The normalized spacial score (nSPS) is 10.9. The van der Waals surface area contributed by atoms with E-state index in [0.717, 1.165) is 16.7 Å². The summed E-state index contributed by atoms with van der Waals surface area (Å²) >= 11 is 0. The van der Waals surface area contributed by atoms with E-state index >= 15 is 0 Å². The largest absolute Gasteiger partial charge is 0.497 e. The van der Waals surface area contributed by atoms with Crippen LogP contribution in [0.2, 0.25) is 0 Å².